The molecule has 7 nitrogen and oxygen atoms in total. The fourth-order valence-corrected chi connectivity index (χ4v) is 4.03. The predicted octanol–water partition coefficient (Wildman–Crippen LogP) is 4.98. The number of amides is 1. The SMILES string of the molecule is CCn1c(C)nc2cc(C(=O)N/N=C/c3cn(-c4ccccc4)nc3-c3ccccc3)ccc21. The first-order valence-corrected chi connectivity index (χ1v) is 11.1. The fraction of sp³-hybridized carbons (Fsp3) is 0.111. The van der Waals surface area contributed by atoms with Gasteiger partial charge in [-0.05, 0) is 44.2 Å². The van der Waals surface area contributed by atoms with Gasteiger partial charge in [-0.25, -0.2) is 15.1 Å². The van der Waals surface area contributed by atoms with E-state index in [1.54, 1.807) is 18.3 Å². The van der Waals surface area contributed by atoms with Gasteiger partial charge >= 0.3 is 0 Å². The van der Waals surface area contributed by atoms with Crippen LogP contribution in [-0.2, 0) is 6.54 Å². The normalized spacial score (nSPS) is 11.4. The highest BCUT2D eigenvalue weighted by Crippen LogP contribution is 2.22. The summed E-state index contributed by atoms with van der Waals surface area (Å²) in [6.45, 7) is 4.87. The van der Waals surface area contributed by atoms with Crippen molar-refractivity contribution in [3.63, 3.8) is 0 Å². The summed E-state index contributed by atoms with van der Waals surface area (Å²) in [6.07, 6.45) is 3.53. The molecule has 0 aliphatic carbocycles. The number of fused-ring (bicyclic) bond motifs is 1. The average Bonchev–Trinajstić information content (AvgIpc) is 3.44. The van der Waals surface area contributed by atoms with Crippen LogP contribution in [0.25, 0.3) is 28.0 Å². The number of imidazole rings is 1. The van der Waals surface area contributed by atoms with Gasteiger partial charge < -0.3 is 4.57 Å². The average molecular weight is 449 g/mol. The van der Waals surface area contributed by atoms with E-state index < -0.39 is 0 Å². The molecule has 0 bridgehead atoms. The van der Waals surface area contributed by atoms with Crippen molar-refractivity contribution < 1.29 is 4.79 Å². The molecule has 0 saturated carbocycles. The lowest BCUT2D eigenvalue weighted by Gasteiger charge is -2.03. The van der Waals surface area contributed by atoms with Gasteiger partial charge in [0.15, 0.2) is 0 Å². The van der Waals surface area contributed by atoms with E-state index in [1.807, 2.05) is 84.5 Å². The summed E-state index contributed by atoms with van der Waals surface area (Å²) in [7, 11) is 0. The van der Waals surface area contributed by atoms with Gasteiger partial charge in [-0.15, -0.1) is 0 Å². The summed E-state index contributed by atoms with van der Waals surface area (Å²) in [6, 6.07) is 25.3. The second-order valence-corrected chi connectivity index (χ2v) is 7.89. The van der Waals surface area contributed by atoms with Crippen molar-refractivity contribution >= 4 is 23.2 Å². The number of hydrogen-bond donors (Lipinski definition) is 1. The molecule has 0 unspecified atom stereocenters. The third-order valence-corrected chi connectivity index (χ3v) is 5.70. The first kappa shape index (κ1) is 21.3. The molecule has 1 N–H and O–H groups in total. The molecule has 0 aliphatic rings. The Bertz CT molecular complexity index is 1480. The molecule has 0 atom stereocenters. The summed E-state index contributed by atoms with van der Waals surface area (Å²) in [5, 5.41) is 8.99. The second-order valence-electron chi connectivity index (χ2n) is 7.89. The molecular formula is C27H24N6O. The van der Waals surface area contributed by atoms with Gasteiger partial charge in [0, 0.05) is 29.4 Å². The number of benzene rings is 3. The number of carbonyl (C=O) groups excluding carboxylic acids is 1. The van der Waals surface area contributed by atoms with Crippen molar-refractivity contribution in [2.45, 2.75) is 20.4 Å². The Balaban J connectivity index is 1.41. The van der Waals surface area contributed by atoms with Gasteiger partial charge in [0.05, 0.1) is 22.9 Å². The Morgan fingerprint density at radius 1 is 1.03 bits per heavy atom. The van der Waals surface area contributed by atoms with Crippen LogP contribution in [-0.4, -0.2) is 31.5 Å². The highest BCUT2D eigenvalue weighted by Gasteiger charge is 2.12. The van der Waals surface area contributed by atoms with Crippen LogP contribution < -0.4 is 5.43 Å². The molecule has 34 heavy (non-hydrogen) atoms. The molecule has 0 radical (unpaired) electrons. The Kier molecular flexibility index (Phi) is 5.74. The lowest BCUT2D eigenvalue weighted by Crippen LogP contribution is -2.17. The second kappa shape index (κ2) is 9.15. The molecule has 0 fully saturated rings. The summed E-state index contributed by atoms with van der Waals surface area (Å²) >= 11 is 0. The Labute approximate surface area is 197 Å². The van der Waals surface area contributed by atoms with E-state index in [2.05, 4.69) is 27.0 Å². The van der Waals surface area contributed by atoms with E-state index in [1.165, 1.54) is 0 Å². The van der Waals surface area contributed by atoms with Crippen LogP contribution in [0.2, 0.25) is 0 Å². The first-order valence-electron chi connectivity index (χ1n) is 11.1. The van der Waals surface area contributed by atoms with Crippen molar-refractivity contribution in [1.82, 2.24) is 24.8 Å². The minimum atomic E-state index is -0.293. The maximum Gasteiger partial charge on any atom is 0.271 e. The largest absolute Gasteiger partial charge is 0.329 e. The number of hydrogen-bond acceptors (Lipinski definition) is 4. The van der Waals surface area contributed by atoms with Crippen LogP contribution in [0.5, 0.6) is 0 Å². The van der Waals surface area contributed by atoms with Crippen molar-refractivity contribution in [3.8, 4) is 16.9 Å². The van der Waals surface area contributed by atoms with Crippen molar-refractivity contribution in [1.29, 1.82) is 0 Å². The fourth-order valence-electron chi connectivity index (χ4n) is 4.03. The van der Waals surface area contributed by atoms with Gasteiger partial charge in [-0.2, -0.15) is 10.2 Å². The van der Waals surface area contributed by atoms with Gasteiger partial charge in [0.2, 0.25) is 0 Å². The summed E-state index contributed by atoms with van der Waals surface area (Å²) in [4.78, 5) is 17.3. The molecule has 5 aromatic rings. The minimum Gasteiger partial charge on any atom is -0.329 e. The molecule has 7 heteroatoms. The van der Waals surface area contributed by atoms with E-state index in [0.29, 0.717) is 5.56 Å². The Hall–Kier alpha value is -4.52. The summed E-state index contributed by atoms with van der Waals surface area (Å²) in [5.41, 5.74) is 8.44. The highest BCUT2D eigenvalue weighted by atomic mass is 16.2. The molecular weight excluding hydrogens is 424 g/mol. The maximum atomic E-state index is 12.7. The molecule has 1 amide bonds. The zero-order valence-electron chi connectivity index (χ0n) is 19.0. The number of rotatable bonds is 6. The van der Waals surface area contributed by atoms with Crippen molar-refractivity contribution in [2.75, 3.05) is 0 Å². The molecule has 5 rings (SSSR count). The number of aryl methyl sites for hydroxylation is 2. The van der Waals surface area contributed by atoms with Crippen LogP contribution in [0.15, 0.2) is 90.2 Å². The number of carbonyl (C=O) groups is 1. The monoisotopic (exact) mass is 448 g/mol. The Morgan fingerprint density at radius 3 is 2.50 bits per heavy atom. The zero-order valence-corrected chi connectivity index (χ0v) is 19.0. The van der Waals surface area contributed by atoms with Crippen LogP contribution in [0.1, 0.15) is 28.7 Å². The third-order valence-electron chi connectivity index (χ3n) is 5.70. The number of nitrogens with zero attached hydrogens (tertiary/aromatic N) is 5. The predicted molar refractivity (Wildman–Crippen MR) is 134 cm³/mol. The topological polar surface area (TPSA) is 77.1 Å². The number of aromatic nitrogens is 4. The van der Waals surface area contributed by atoms with Crippen LogP contribution in [0.3, 0.4) is 0 Å². The molecule has 3 aromatic carbocycles. The highest BCUT2D eigenvalue weighted by molar-refractivity contribution is 5.98. The molecule has 2 heterocycles. The van der Waals surface area contributed by atoms with E-state index in [9.17, 15) is 4.79 Å². The molecule has 168 valence electrons. The van der Waals surface area contributed by atoms with Crippen LogP contribution >= 0.6 is 0 Å². The van der Waals surface area contributed by atoms with Gasteiger partial charge in [-0.1, -0.05) is 48.5 Å². The van der Waals surface area contributed by atoms with Crippen LogP contribution in [0.4, 0.5) is 0 Å². The van der Waals surface area contributed by atoms with Crippen molar-refractivity contribution in [3.05, 3.63) is 102 Å². The third kappa shape index (κ3) is 4.11. The molecule has 0 saturated heterocycles. The molecule has 2 aromatic heterocycles. The lowest BCUT2D eigenvalue weighted by molar-refractivity contribution is 0.0955. The van der Waals surface area contributed by atoms with Crippen molar-refractivity contribution in [2.24, 2.45) is 5.10 Å². The Morgan fingerprint density at radius 2 is 1.76 bits per heavy atom. The van der Waals surface area contributed by atoms with E-state index in [4.69, 9.17) is 5.10 Å². The van der Waals surface area contributed by atoms with Gasteiger partial charge in [0.25, 0.3) is 5.91 Å². The van der Waals surface area contributed by atoms with Gasteiger partial charge in [-0.3, -0.25) is 4.79 Å². The molecule has 0 aliphatic heterocycles. The standard InChI is InChI=1S/C27H24N6O/c1-3-32-19(2)29-24-16-21(14-15-25(24)32)27(34)30-28-17-22-18-33(23-12-8-5-9-13-23)31-26(22)20-10-6-4-7-11-20/h4-18H,3H2,1-2H3,(H,30,34)/b28-17+. The van der Waals surface area contributed by atoms with E-state index >= 15 is 0 Å². The first-order chi connectivity index (χ1) is 16.6. The summed E-state index contributed by atoms with van der Waals surface area (Å²) < 4.78 is 3.93. The zero-order chi connectivity index (χ0) is 23.5. The number of para-hydroxylation sites is 1. The minimum absolute atomic E-state index is 0.293. The van der Waals surface area contributed by atoms with Crippen LogP contribution in [0, 0.1) is 6.92 Å². The number of nitrogens with one attached hydrogen (secondary N) is 1. The smallest absolute Gasteiger partial charge is 0.271 e. The maximum absolute atomic E-state index is 12.7. The number of hydrazone groups is 1. The molecule has 0 spiro atoms. The van der Waals surface area contributed by atoms with E-state index in [0.717, 1.165) is 45.9 Å². The quantitative estimate of drug-likeness (QED) is 0.294. The lowest BCUT2D eigenvalue weighted by atomic mass is 10.1. The van der Waals surface area contributed by atoms with E-state index in [-0.39, 0.29) is 5.91 Å². The summed E-state index contributed by atoms with van der Waals surface area (Å²) in [5.74, 6) is 0.635. The van der Waals surface area contributed by atoms with Gasteiger partial charge in [0.1, 0.15) is 11.5 Å².